The quantitative estimate of drug-likeness (QED) is 0.394. The number of pyridine rings is 1. The molecule has 2 N–H and O–H groups in total. The molecule has 0 aliphatic heterocycles. The van der Waals surface area contributed by atoms with Gasteiger partial charge in [-0.3, -0.25) is 9.78 Å². The molecule has 5 nitrogen and oxygen atoms in total. The lowest BCUT2D eigenvalue weighted by Crippen LogP contribution is -2.30. The van der Waals surface area contributed by atoms with Gasteiger partial charge in [0.1, 0.15) is 11.3 Å². The van der Waals surface area contributed by atoms with E-state index in [9.17, 15) is 9.90 Å². The van der Waals surface area contributed by atoms with Crippen molar-refractivity contribution < 1.29 is 9.90 Å². The van der Waals surface area contributed by atoms with E-state index in [1.807, 2.05) is 66.7 Å². The number of rotatable bonds is 8. The molecule has 0 radical (unpaired) electrons. The molecule has 4 aromatic rings. The molecule has 1 atom stereocenters. The number of hydrogen-bond acceptors (Lipinski definition) is 4. The van der Waals surface area contributed by atoms with Crippen LogP contribution in [0.5, 0.6) is 5.75 Å². The number of phenolic OH excluding ortho intramolecular Hbond substituents is 1. The molecule has 0 bridgehead atoms. The van der Waals surface area contributed by atoms with E-state index in [4.69, 9.17) is 0 Å². The number of anilines is 1. The summed E-state index contributed by atoms with van der Waals surface area (Å²) < 4.78 is 0. The summed E-state index contributed by atoms with van der Waals surface area (Å²) in [4.78, 5) is 19.6. The lowest BCUT2D eigenvalue weighted by atomic mass is 9.95. The average molecular weight is 440 g/mol. The first kappa shape index (κ1) is 22.3. The van der Waals surface area contributed by atoms with Gasteiger partial charge in [-0.2, -0.15) is 0 Å². The highest BCUT2D eigenvalue weighted by Gasteiger charge is 2.22. The first-order valence-corrected chi connectivity index (χ1v) is 11.4. The Hall–Kier alpha value is -3.86. The highest BCUT2D eigenvalue weighted by Crippen LogP contribution is 2.35. The van der Waals surface area contributed by atoms with Gasteiger partial charge in [0.2, 0.25) is 5.91 Å². The zero-order valence-electron chi connectivity index (χ0n) is 19.0. The van der Waals surface area contributed by atoms with Gasteiger partial charge in [-0.05, 0) is 43.2 Å². The number of aromatic hydroxyl groups is 1. The fourth-order valence-corrected chi connectivity index (χ4v) is 4.18. The molecular formula is C28H29N3O2. The Morgan fingerprint density at radius 3 is 2.36 bits per heavy atom. The number of hydrogen-bond donors (Lipinski definition) is 2. The number of nitrogens with zero attached hydrogens (tertiary/aromatic N) is 2. The summed E-state index contributed by atoms with van der Waals surface area (Å²) in [6, 6.07) is 24.9. The SMILES string of the molecule is CCN(CC)c1ccc(C(NC(=O)Cc2ccccc2)c2ccc3cccnc3c2O)cc1. The van der Waals surface area contributed by atoms with Crippen LogP contribution >= 0.6 is 0 Å². The van der Waals surface area contributed by atoms with Crippen LogP contribution in [0.1, 0.15) is 36.6 Å². The van der Waals surface area contributed by atoms with Crippen LogP contribution in [-0.2, 0) is 11.2 Å². The molecule has 0 saturated carbocycles. The van der Waals surface area contributed by atoms with Gasteiger partial charge in [-0.15, -0.1) is 0 Å². The molecule has 1 amide bonds. The van der Waals surface area contributed by atoms with Crippen molar-refractivity contribution in [2.45, 2.75) is 26.3 Å². The maximum Gasteiger partial charge on any atom is 0.225 e. The summed E-state index contributed by atoms with van der Waals surface area (Å²) in [5.74, 6) is -0.0227. The van der Waals surface area contributed by atoms with Crippen LogP contribution in [-0.4, -0.2) is 29.1 Å². The van der Waals surface area contributed by atoms with E-state index in [1.54, 1.807) is 6.20 Å². The van der Waals surface area contributed by atoms with Gasteiger partial charge >= 0.3 is 0 Å². The molecule has 1 aromatic heterocycles. The van der Waals surface area contributed by atoms with Gasteiger partial charge in [0, 0.05) is 35.9 Å². The van der Waals surface area contributed by atoms with Crippen molar-refractivity contribution >= 4 is 22.5 Å². The monoisotopic (exact) mass is 439 g/mol. The topological polar surface area (TPSA) is 65.5 Å². The van der Waals surface area contributed by atoms with Crippen molar-refractivity contribution in [1.82, 2.24) is 10.3 Å². The molecule has 33 heavy (non-hydrogen) atoms. The molecule has 0 aliphatic carbocycles. The van der Waals surface area contributed by atoms with Crippen molar-refractivity contribution in [2.75, 3.05) is 18.0 Å². The lowest BCUT2D eigenvalue weighted by molar-refractivity contribution is -0.120. The molecule has 0 fully saturated rings. The highest BCUT2D eigenvalue weighted by molar-refractivity contribution is 5.86. The second-order valence-corrected chi connectivity index (χ2v) is 8.01. The van der Waals surface area contributed by atoms with Gasteiger partial charge in [0.15, 0.2) is 0 Å². The molecule has 0 saturated heterocycles. The number of benzene rings is 3. The summed E-state index contributed by atoms with van der Waals surface area (Å²) in [5, 5.41) is 15.1. The highest BCUT2D eigenvalue weighted by atomic mass is 16.3. The normalized spacial score (nSPS) is 11.8. The molecule has 1 unspecified atom stereocenters. The number of phenols is 1. The van der Waals surface area contributed by atoms with Crippen molar-refractivity contribution in [2.24, 2.45) is 0 Å². The summed E-state index contributed by atoms with van der Waals surface area (Å²) >= 11 is 0. The zero-order valence-corrected chi connectivity index (χ0v) is 19.0. The fraction of sp³-hybridized carbons (Fsp3) is 0.214. The Kier molecular flexibility index (Phi) is 6.89. The van der Waals surface area contributed by atoms with Crippen LogP contribution in [0.15, 0.2) is 85.1 Å². The maximum absolute atomic E-state index is 13.0. The van der Waals surface area contributed by atoms with Gasteiger partial charge in [-0.1, -0.05) is 60.7 Å². The number of fused-ring (bicyclic) bond motifs is 1. The van der Waals surface area contributed by atoms with Crippen LogP contribution in [0.2, 0.25) is 0 Å². The van der Waals surface area contributed by atoms with E-state index in [2.05, 4.69) is 41.2 Å². The van der Waals surface area contributed by atoms with Gasteiger partial charge in [-0.25, -0.2) is 0 Å². The average Bonchev–Trinajstić information content (AvgIpc) is 2.85. The second-order valence-electron chi connectivity index (χ2n) is 8.01. The minimum Gasteiger partial charge on any atom is -0.505 e. The number of carbonyl (C=O) groups excluding carboxylic acids is 1. The van der Waals surface area contributed by atoms with Crippen molar-refractivity contribution in [1.29, 1.82) is 0 Å². The Balaban J connectivity index is 1.71. The van der Waals surface area contributed by atoms with Crippen LogP contribution in [0.3, 0.4) is 0 Å². The number of aromatic nitrogens is 1. The van der Waals surface area contributed by atoms with Gasteiger partial charge in [0.25, 0.3) is 0 Å². The second kappa shape index (κ2) is 10.2. The predicted octanol–water partition coefficient (Wildman–Crippen LogP) is 5.23. The van der Waals surface area contributed by atoms with E-state index in [1.165, 1.54) is 0 Å². The minimum atomic E-state index is -0.502. The van der Waals surface area contributed by atoms with E-state index < -0.39 is 6.04 Å². The summed E-state index contributed by atoms with van der Waals surface area (Å²) in [5.41, 5.74) is 4.12. The molecule has 1 heterocycles. The van der Waals surface area contributed by atoms with E-state index >= 15 is 0 Å². The molecule has 168 valence electrons. The summed E-state index contributed by atoms with van der Waals surface area (Å²) in [7, 11) is 0. The summed E-state index contributed by atoms with van der Waals surface area (Å²) in [6.45, 7) is 6.10. The van der Waals surface area contributed by atoms with E-state index in [-0.39, 0.29) is 18.1 Å². The minimum absolute atomic E-state index is 0.0888. The third-order valence-corrected chi connectivity index (χ3v) is 5.96. The molecule has 0 spiro atoms. The maximum atomic E-state index is 13.0. The molecule has 5 heteroatoms. The first-order chi connectivity index (χ1) is 16.1. The predicted molar refractivity (Wildman–Crippen MR) is 134 cm³/mol. The third-order valence-electron chi connectivity index (χ3n) is 5.96. The number of amides is 1. The van der Waals surface area contributed by atoms with Crippen LogP contribution < -0.4 is 10.2 Å². The molecular weight excluding hydrogens is 410 g/mol. The summed E-state index contributed by atoms with van der Waals surface area (Å²) in [6.07, 6.45) is 1.93. The zero-order chi connectivity index (χ0) is 23.2. The van der Waals surface area contributed by atoms with Crippen LogP contribution in [0.4, 0.5) is 5.69 Å². The lowest BCUT2D eigenvalue weighted by Gasteiger charge is -2.24. The van der Waals surface area contributed by atoms with E-state index in [0.29, 0.717) is 11.1 Å². The Labute approximate surface area is 194 Å². The standard InChI is InChI=1S/C28H29N3O2/c1-3-31(4-2)23-15-12-22(13-16-23)26(30-25(32)19-20-9-6-5-7-10-20)24-17-14-21-11-8-18-29-27(21)28(24)33/h5-18,26,33H,3-4,19H2,1-2H3,(H,30,32). The Morgan fingerprint density at radius 1 is 0.939 bits per heavy atom. The van der Waals surface area contributed by atoms with Crippen LogP contribution in [0.25, 0.3) is 10.9 Å². The molecule has 3 aromatic carbocycles. The Morgan fingerprint density at radius 2 is 1.67 bits per heavy atom. The van der Waals surface area contributed by atoms with Crippen LogP contribution in [0, 0.1) is 0 Å². The van der Waals surface area contributed by atoms with Gasteiger partial charge in [0.05, 0.1) is 12.5 Å². The number of carbonyl (C=O) groups is 1. The van der Waals surface area contributed by atoms with Gasteiger partial charge < -0.3 is 15.3 Å². The van der Waals surface area contributed by atoms with Crippen molar-refractivity contribution in [3.05, 3.63) is 102 Å². The number of nitrogens with one attached hydrogen (secondary N) is 1. The molecule has 4 rings (SSSR count). The van der Waals surface area contributed by atoms with Crippen molar-refractivity contribution in [3.63, 3.8) is 0 Å². The first-order valence-electron chi connectivity index (χ1n) is 11.4. The third kappa shape index (κ3) is 4.98. The largest absolute Gasteiger partial charge is 0.505 e. The van der Waals surface area contributed by atoms with Crippen molar-refractivity contribution in [3.8, 4) is 5.75 Å². The smallest absolute Gasteiger partial charge is 0.225 e. The molecule has 0 aliphatic rings. The Bertz CT molecular complexity index is 1220. The fourth-order valence-electron chi connectivity index (χ4n) is 4.18. The van der Waals surface area contributed by atoms with E-state index in [0.717, 1.165) is 35.3 Å².